The van der Waals surface area contributed by atoms with Crippen molar-refractivity contribution < 1.29 is 19.1 Å². The number of nitrogens with one attached hydrogen (secondary N) is 2. The lowest BCUT2D eigenvalue weighted by Crippen LogP contribution is -2.49. The third-order valence-corrected chi connectivity index (χ3v) is 7.41. The van der Waals surface area contributed by atoms with Gasteiger partial charge in [0.1, 0.15) is 6.04 Å². The van der Waals surface area contributed by atoms with Gasteiger partial charge in [0.05, 0.1) is 22.7 Å². The van der Waals surface area contributed by atoms with Crippen molar-refractivity contribution in [3.63, 3.8) is 0 Å². The molecule has 194 valence electrons. The van der Waals surface area contributed by atoms with Crippen molar-refractivity contribution in [2.24, 2.45) is 11.1 Å². The minimum Gasteiger partial charge on any atom is -0.467 e. The number of halogens is 2. The summed E-state index contributed by atoms with van der Waals surface area (Å²) in [5.41, 5.74) is 6.74. The maximum Gasteiger partial charge on any atom is 0.328 e. The summed E-state index contributed by atoms with van der Waals surface area (Å²) in [5, 5.41) is 6.26. The molecule has 7 nitrogen and oxygen atoms in total. The van der Waals surface area contributed by atoms with Crippen LogP contribution in [0.5, 0.6) is 0 Å². The van der Waals surface area contributed by atoms with Gasteiger partial charge in [0.25, 0.3) is 5.91 Å². The van der Waals surface area contributed by atoms with Gasteiger partial charge in [-0.1, -0.05) is 60.7 Å². The van der Waals surface area contributed by atoms with Crippen molar-refractivity contribution >= 4 is 46.7 Å². The first-order valence-electron chi connectivity index (χ1n) is 12.2. The van der Waals surface area contributed by atoms with E-state index >= 15 is 0 Å². The Morgan fingerprint density at radius 3 is 2.25 bits per heavy atom. The molecule has 0 aliphatic heterocycles. The number of hydrogen-bond acceptors (Lipinski definition) is 5. The van der Waals surface area contributed by atoms with Crippen LogP contribution in [0.2, 0.25) is 10.0 Å². The number of amides is 2. The molecule has 1 atom stereocenters. The Kier molecular flexibility index (Phi) is 10.2. The number of carbonyl (C=O) groups excluding carboxylic acids is 3. The smallest absolute Gasteiger partial charge is 0.328 e. The minimum absolute atomic E-state index is 0.0899. The van der Waals surface area contributed by atoms with Gasteiger partial charge in [-0.3, -0.25) is 9.59 Å². The van der Waals surface area contributed by atoms with Crippen LogP contribution in [0.1, 0.15) is 60.9 Å². The van der Waals surface area contributed by atoms with E-state index in [-0.39, 0.29) is 27.9 Å². The standard InChI is InChI=1S/C27H33Cl2N3O4/c1-36-25(34)22(32-26(35)27(13-2-3-14-27)15-4-5-16-30)17-18-9-11-19(12-10-18)31-24(33)23-20(28)7-6-8-21(23)29/h6-12,22H,2-5,13-17,30H2,1H3,(H,31,33)(H,32,35). The van der Waals surface area contributed by atoms with E-state index in [1.807, 2.05) is 0 Å². The molecule has 3 rings (SSSR count). The quantitative estimate of drug-likeness (QED) is 0.273. The minimum atomic E-state index is -0.808. The van der Waals surface area contributed by atoms with Gasteiger partial charge in [-0.25, -0.2) is 4.79 Å². The predicted molar refractivity (Wildman–Crippen MR) is 142 cm³/mol. The number of hydrogen-bond donors (Lipinski definition) is 3. The molecular formula is C27H33Cl2N3O4. The van der Waals surface area contributed by atoms with Gasteiger partial charge >= 0.3 is 5.97 Å². The van der Waals surface area contributed by atoms with Crippen molar-refractivity contribution in [2.75, 3.05) is 19.0 Å². The van der Waals surface area contributed by atoms with Crippen molar-refractivity contribution in [3.8, 4) is 0 Å². The molecule has 2 aromatic rings. The normalized spacial score (nSPS) is 15.2. The van der Waals surface area contributed by atoms with Crippen LogP contribution in [-0.2, 0) is 20.7 Å². The zero-order chi connectivity index (χ0) is 26.1. The first-order valence-corrected chi connectivity index (χ1v) is 13.0. The molecule has 1 fully saturated rings. The second-order valence-electron chi connectivity index (χ2n) is 9.23. The van der Waals surface area contributed by atoms with Crippen LogP contribution < -0.4 is 16.4 Å². The zero-order valence-corrected chi connectivity index (χ0v) is 22.0. The number of benzene rings is 2. The number of anilines is 1. The Labute approximate surface area is 222 Å². The molecule has 0 aromatic heterocycles. The Morgan fingerprint density at radius 1 is 1.03 bits per heavy atom. The molecule has 1 unspecified atom stereocenters. The van der Waals surface area contributed by atoms with E-state index in [9.17, 15) is 14.4 Å². The maximum atomic E-state index is 13.3. The van der Waals surface area contributed by atoms with E-state index < -0.39 is 23.3 Å². The molecule has 1 aliphatic carbocycles. The van der Waals surface area contributed by atoms with E-state index in [4.69, 9.17) is 33.7 Å². The van der Waals surface area contributed by atoms with Crippen LogP contribution in [-0.4, -0.2) is 37.5 Å². The fourth-order valence-electron chi connectivity index (χ4n) is 4.77. The topological polar surface area (TPSA) is 111 Å². The van der Waals surface area contributed by atoms with E-state index in [1.165, 1.54) is 7.11 Å². The van der Waals surface area contributed by atoms with Crippen LogP contribution in [0.25, 0.3) is 0 Å². The number of carbonyl (C=O) groups is 3. The van der Waals surface area contributed by atoms with Crippen molar-refractivity contribution in [3.05, 3.63) is 63.6 Å². The molecule has 9 heteroatoms. The van der Waals surface area contributed by atoms with E-state index in [1.54, 1.807) is 42.5 Å². The number of unbranched alkanes of at least 4 members (excludes halogenated alkanes) is 1. The molecule has 2 amide bonds. The molecule has 0 radical (unpaired) electrons. The Balaban J connectivity index is 1.67. The molecule has 4 N–H and O–H groups in total. The van der Waals surface area contributed by atoms with Gasteiger partial charge in [-0.2, -0.15) is 0 Å². The average molecular weight is 534 g/mol. The molecule has 2 aromatic carbocycles. The third-order valence-electron chi connectivity index (χ3n) is 6.78. The zero-order valence-electron chi connectivity index (χ0n) is 20.4. The van der Waals surface area contributed by atoms with E-state index in [2.05, 4.69) is 10.6 Å². The van der Waals surface area contributed by atoms with Crippen molar-refractivity contribution in [1.29, 1.82) is 0 Å². The Bertz CT molecular complexity index is 1050. The number of ether oxygens (including phenoxy) is 1. The number of esters is 1. The molecule has 0 spiro atoms. The molecule has 0 bridgehead atoms. The van der Waals surface area contributed by atoms with E-state index in [0.717, 1.165) is 50.5 Å². The second kappa shape index (κ2) is 13.1. The molecule has 1 saturated carbocycles. The van der Waals surface area contributed by atoms with Gasteiger partial charge in [0.2, 0.25) is 5.91 Å². The molecule has 36 heavy (non-hydrogen) atoms. The average Bonchev–Trinajstić information content (AvgIpc) is 3.34. The van der Waals surface area contributed by atoms with Crippen LogP contribution in [0.4, 0.5) is 5.69 Å². The highest BCUT2D eigenvalue weighted by Gasteiger charge is 2.41. The van der Waals surface area contributed by atoms with Crippen molar-refractivity contribution in [2.45, 2.75) is 57.4 Å². The van der Waals surface area contributed by atoms with E-state index in [0.29, 0.717) is 12.2 Å². The fourth-order valence-corrected chi connectivity index (χ4v) is 5.33. The lowest BCUT2D eigenvalue weighted by Gasteiger charge is -2.30. The van der Waals surface area contributed by atoms with Gasteiger partial charge in [0.15, 0.2) is 0 Å². The maximum absolute atomic E-state index is 13.3. The van der Waals surface area contributed by atoms with Crippen LogP contribution in [0, 0.1) is 5.41 Å². The summed E-state index contributed by atoms with van der Waals surface area (Å²) in [5.74, 6) is -1.01. The Hall–Kier alpha value is -2.61. The summed E-state index contributed by atoms with van der Waals surface area (Å²) in [4.78, 5) is 38.5. The summed E-state index contributed by atoms with van der Waals surface area (Å²) < 4.78 is 4.98. The first-order chi connectivity index (χ1) is 17.3. The van der Waals surface area contributed by atoms with Gasteiger partial charge in [-0.15, -0.1) is 0 Å². The Morgan fingerprint density at radius 2 is 1.67 bits per heavy atom. The highest BCUT2D eigenvalue weighted by molar-refractivity contribution is 6.40. The SMILES string of the molecule is COC(=O)C(Cc1ccc(NC(=O)c2c(Cl)cccc2Cl)cc1)NC(=O)C1(CCCCN)CCCC1. The highest BCUT2D eigenvalue weighted by Crippen LogP contribution is 2.42. The fraction of sp³-hybridized carbons (Fsp3) is 0.444. The lowest BCUT2D eigenvalue weighted by molar-refractivity contribution is -0.146. The molecule has 0 heterocycles. The van der Waals surface area contributed by atoms with Crippen LogP contribution in [0.15, 0.2) is 42.5 Å². The number of methoxy groups -OCH3 is 1. The highest BCUT2D eigenvalue weighted by atomic mass is 35.5. The lowest BCUT2D eigenvalue weighted by atomic mass is 9.79. The molecule has 1 aliphatic rings. The predicted octanol–water partition coefficient (Wildman–Crippen LogP) is 5.14. The summed E-state index contributed by atoms with van der Waals surface area (Å²) in [6, 6.07) is 11.1. The van der Waals surface area contributed by atoms with Crippen LogP contribution >= 0.6 is 23.2 Å². The van der Waals surface area contributed by atoms with Gasteiger partial charge in [0, 0.05) is 17.5 Å². The van der Waals surface area contributed by atoms with Crippen molar-refractivity contribution in [1.82, 2.24) is 5.32 Å². The second-order valence-corrected chi connectivity index (χ2v) is 10.0. The van der Waals surface area contributed by atoms with Gasteiger partial charge in [-0.05, 0) is 62.1 Å². The first kappa shape index (κ1) is 28.0. The largest absolute Gasteiger partial charge is 0.467 e. The summed E-state index contributed by atoms with van der Waals surface area (Å²) >= 11 is 12.2. The summed E-state index contributed by atoms with van der Waals surface area (Å²) in [6.45, 7) is 0.602. The van der Waals surface area contributed by atoms with Gasteiger partial charge < -0.3 is 21.1 Å². The summed E-state index contributed by atoms with van der Waals surface area (Å²) in [7, 11) is 1.31. The third kappa shape index (κ3) is 6.99. The molecule has 0 saturated heterocycles. The number of rotatable bonds is 11. The van der Waals surface area contributed by atoms with Crippen LogP contribution in [0.3, 0.4) is 0 Å². The number of nitrogens with two attached hydrogens (primary N) is 1. The monoisotopic (exact) mass is 533 g/mol. The summed E-state index contributed by atoms with van der Waals surface area (Å²) in [6.07, 6.45) is 6.45. The molecular weight excluding hydrogens is 501 g/mol.